The van der Waals surface area contributed by atoms with Crippen LogP contribution in [-0.4, -0.2) is 54.0 Å². The van der Waals surface area contributed by atoms with Gasteiger partial charge in [0.2, 0.25) is 5.41 Å². The summed E-state index contributed by atoms with van der Waals surface area (Å²) in [6.45, 7) is -0.898. The van der Waals surface area contributed by atoms with Gasteiger partial charge in [-0.3, -0.25) is 9.59 Å². The molecule has 0 spiro atoms. The predicted octanol–water partition coefficient (Wildman–Crippen LogP) is 7.46. The van der Waals surface area contributed by atoms with Crippen LogP contribution in [0.15, 0.2) is 0 Å². The molecule has 214 valence electrons. The van der Waals surface area contributed by atoms with Gasteiger partial charge in [0.1, 0.15) is 0 Å². The zero-order valence-corrected chi connectivity index (χ0v) is 18.4. The molecule has 1 N–H and O–H groups in total. The summed E-state index contributed by atoms with van der Waals surface area (Å²) in [5.41, 5.74) is -7.09. The minimum atomic E-state index is -7.86. The highest BCUT2D eigenvalue weighted by molar-refractivity contribution is 5.71. The van der Waals surface area contributed by atoms with Gasteiger partial charge in [-0.2, -0.15) is 57.1 Å². The van der Waals surface area contributed by atoms with Crippen molar-refractivity contribution >= 4 is 11.9 Å². The first kappa shape index (κ1) is 34.0. The fraction of sp³-hybridized carbons (Fsp3) is 0.895. The Balaban J connectivity index is 5.19. The second-order valence-corrected chi connectivity index (χ2v) is 7.92. The first-order valence-electron chi connectivity index (χ1n) is 10.4. The van der Waals surface area contributed by atoms with Gasteiger partial charge in [-0.25, -0.2) is 0 Å². The number of carbonyl (C=O) groups excluding carboxylic acids is 1. The van der Waals surface area contributed by atoms with Gasteiger partial charge in [-0.1, -0.05) is 38.5 Å². The van der Waals surface area contributed by atoms with Crippen molar-refractivity contribution in [1.82, 2.24) is 0 Å². The van der Waals surface area contributed by atoms with Gasteiger partial charge < -0.3 is 9.84 Å². The molecule has 0 radical (unpaired) electrons. The van der Waals surface area contributed by atoms with E-state index in [4.69, 9.17) is 5.11 Å². The zero-order valence-electron chi connectivity index (χ0n) is 18.4. The molecule has 0 unspecified atom stereocenters. The van der Waals surface area contributed by atoms with Crippen LogP contribution in [-0.2, 0) is 14.3 Å². The number of hydrogen-bond donors (Lipinski definition) is 1. The normalized spacial score (nSPS) is 14.1. The van der Waals surface area contributed by atoms with E-state index >= 15 is 0 Å². The Morgan fingerprint density at radius 3 is 1.31 bits per heavy atom. The second-order valence-electron chi connectivity index (χ2n) is 7.92. The van der Waals surface area contributed by atoms with E-state index < -0.39 is 60.8 Å². The Bertz CT molecular complexity index is 698. The summed E-state index contributed by atoms with van der Waals surface area (Å²) in [7, 11) is 0. The summed E-state index contributed by atoms with van der Waals surface area (Å²) in [5.74, 6) is -19.3. The topological polar surface area (TPSA) is 63.6 Å². The van der Waals surface area contributed by atoms with Gasteiger partial charge in [0.05, 0.1) is 13.0 Å². The smallest absolute Gasteiger partial charge is 0.459 e. The van der Waals surface area contributed by atoms with Crippen molar-refractivity contribution in [3.8, 4) is 0 Å². The van der Waals surface area contributed by atoms with E-state index in [0.29, 0.717) is 38.5 Å². The zero-order chi connectivity index (χ0) is 28.6. The van der Waals surface area contributed by atoms with E-state index in [9.17, 15) is 66.7 Å². The van der Waals surface area contributed by atoms with E-state index in [1.54, 1.807) is 0 Å². The molecule has 0 fully saturated rings. The lowest BCUT2D eigenvalue weighted by molar-refractivity contribution is -0.459. The van der Waals surface area contributed by atoms with Gasteiger partial charge >= 0.3 is 42.3 Å². The molecule has 17 heteroatoms. The molecule has 0 rings (SSSR count). The Morgan fingerprint density at radius 2 is 0.944 bits per heavy atom. The van der Waals surface area contributed by atoms with Crippen LogP contribution in [0.3, 0.4) is 0 Å². The summed E-state index contributed by atoms with van der Waals surface area (Å²) in [4.78, 5) is 21.9. The number of alkyl halides is 13. The van der Waals surface area contributed by atoms with Crippen molar-refractivity contribution in [2.45, 2.75) is 94.6 Å². The molecule has 0 aliphatic carbocycles. The minimum Gasteiger partial charge on any atom is -0.481 e. The molecule has 0 aromatic rings. The lowest BCUT2D eigenvalue weighted by Crippen LogP contribution is -2.70. The van der Waals surface area contributed by atoms with E-state index in [1.807, 2.05) is 0 Å². The number of ether oxygens (including phenoxy) is 1. The maximum atomic E-state index is 13.9. The Morgan fingerprint density at radius 1 is 0.556 bits per heavy atom. The van der Waals surface area contributed by atoms with Crippen LogP contribution in [0.25, 0.3) is 0 Å². The van der Waals surface area contributed by atoms with Crippen LogP contribution in [0, 0.1) is 5.41 Å². The second kappa shape index (κ2) is 12.5. The molecule has 0 atom stereocenters. The number of carboxylic acids is 1. The van der Waals surface area contributed by atoms with Gasteiger partial charge in [0.15, 0.2) is 0 Å². The van der Waals surface area contributed by atoms with Crippen LogP contribution in [0.2, 0.25) is 0 Å². The van der Waals surface area contributed by atoms with E-state index in [0.717, 1.165) is 0 Å². The number of unbranched alkanes of at least 4 members (excludes halogenated alkanes) is 7. The first-order valence-corrected chi connectivity index (χ1v) is 10.4. The highest BCUT2D eigenvalue weighted by atomic mass is 19.4. The van der Waals surface area contributed by atoms with Crippen molar-refractivity contribution in [3.05, 3.63) is 0 Å². The van der Waals surface area contributed by atoms with E-state index in [2.05, 4.69) is 4.74 Å². The first-order chi connectivity index (χ1) is 16.1. The fourth-order valence-electron chi connectivity index (χ4n) is 3.17. The Labute approximate surface area is 196 Å². The number of aliphatic carboxylic acids is 1. The standard InChI is InChI=1S/C19H23F13O4/c20-15(21,16(22,23)19(30,31)32)14(17(24,25)26,18(27,28)29)11-13(35)36-10-8-6-4-2-1-3-5-7-9-12(33)34/h1-11H2,(H,33,34). The van der Waals surface area contributed by atoms with Gasteiger partial charge in [0.25, 0.3) is 0 Å². The molecule has 0 aromatic carbocycles. The highest BCUT2D eigenvalue weighted by Gasteiger charge is 2.92. The van der Waals surface area contributed by atoms with Crippen LogP contribution in [0.1, 0.15) is 64.2 Å². The largest absolute Gasteiger partial charge is 0.481 e. The number of carboxylic acid groups (broad SMARTS) is 1. The van der Waals surface area contributed by atoms with Gasteiger partial charge in [-0.05, 0) is 12.8 Å². The van der Waals surface area contributed by atoms with Gasteiger partial charge in [-0.15, -0.1) is 0 Å². The number of halogens is 13. The highest BCUT2D eigenvalue weighted by Crippen LogP contribution is 2.66. The van der Waals surface area contributed by atoms with Crippen molar-refractivity contribution in [2.75, 3.05) is 6.61 Å². The quantitative estimate of drug-likeness (QED) is 0.128. The number of carbonyl (C=O) groups is 2. The maximum Gasteiger partial charge on any atom is 0.459 e. The monoisotopic (exact) mass is 562 g/mol. The number of hydrogen-bond acceptors (Lipinski definition) is 3. The molecule has 0 aliphatic rings. The van der Waals surface area contributed by atoms with Crippen molar-refractivity contribution in [2.24, 2.45) is 5.41 Å². The Hall–Kier alpha value is -1.97. The van der Waals surface area contributed by atoms with Crippen LogP contribution in [0.5, 0.6) is 0 Å². The molecule has 0 heterocycles. The lowest BCUT2D eigenvalue weighted by atomic mass is 9.73. The van der Waals surface area contributed by atoms with Gasteiger partial charge in [0, 0.05) is 6.42 Å². The maximum absolute atomic E-state index is 13.9. The predicted molar refractivity (Wildman–Crippen MR) is 95.3 cm³/mol. The summed E-state index contributed by atoms with van der Waals surface area (Å²) >= 11 is 0. The number of rotatable bonds is 15. The Kier molecular flexibility index (Phi) is 11.8. The molecular weight excluding hydrogens is 539 g/mol. The van der Waals surface area contributed by atoms with Crippen molar-refractivity contribution in [3.63, 3.8) is 0 Å². The van der Waals surface area contributed by atoms with E-state index in [1.165, 1.54) is 0 Å². The third kappa shape index (κ3) is 8.02. The lowest BCUT2D eigenvalue weighted by Gasteiger charge is -2.44. The molecule has 0 bridgehead atoms. The van der Waals surface area contributed by atoms with Crippen LogP contribution >= 0.6 is 0 Å². The molecule has 4 nitrogen and oxygen atoms in total. The molecule has 0 amide bonds. The number of esters is 1. The molecular formula is C19H23F13O4. The van der Waals surface area contributed by atoms with E-state index in [-0.39, 0.29) is 19.3 Å². The summed E-state index contributed by atoms with van der Waals surface area (Å²) in [5, 5.41) is 8.46. The van der Waals surface area contributed by atoms with Crippen LogP contribution in [0.4, 0.5) is 57.1 Å². The SMILES string of the molecule is O=C(O)CCCCCCCCCCOC(=O)CC(C(F)(F)F)(C(F)(F)F)C(F)(F)C(F)(F)C(F)(F)F. The average Bonchev–Trinajstić information content (AvgIpc) is 2.66. The van der Waals surface area contributed by atoms with Crippen LogP contribution < -0.4 is 0 Å². The molecule has 0 saturated carbocycles. The molecule has 0 aromatic heterocycles. The fourth-order valence-corrected chi connectivity index (χ4v) is 3.17. The molecule has 36 heavy (non-hydrogen) atoms. The van der Waals surface area contributed by atoms with Crippen molar-refractivity contribution < 1.29 is 76.5 Å². The molecule has 0 saturated heterocycles. The van der Waals surface area contributed by atoms with Crippen molar-refractivity contribution in [1.29, 1.82) is 0 Å². The average molecular weight is 562 g/mol. The summed E-state index contributed by atoms with van der Waals surface area (Å²) in [6.07, 6.45) is -22.6. The third-order valence-electron chi connectivity index (χ3n) is 5.21. The summed E-state index contributed by atoms with van der Waals surface area (Å²) in [6, 6.07) is 0. The third-order valence-corrected chi connectivity index (χ3v) is 5.21. The molecule has 0 aliphatic heterocycles. The minimum absolute atomic E-state index is 0.00485. The summed E-state index contributed by atoms with van der Waals surface area (Å²) < 4.78 is 174.